The zero-order valence-corrected chi connectivity index (χ0v) is 11.7. The van der Waals surface area contributed by atoms with E-state index in [-0.39, 0.29) is 18.2 Å². The number of fused-ring (bicyclic) bond motifs is 1. The Labute approximate surface area is 122 Å². The van der Waals surface area contributed by atoms with Crippen LogP contribution in [0.5, 0.6) is 0 Å². The third-order valence-corrected chi connectivity index (χ3v) is 3.96. The smallest absolute Gasteiger partial charge is 0.268 e. The molecule has 0 saturated heterocycles. The number of benzene rings is 1. The van der Waals surface area contributed by atoms with Crippen molar-refractivity contribution in [1.82, 2.24) is 10.3 Å². The molecule has 6 nitrogen and oxygen atoms in total. The third kappa shape index (κ3) is 2.54. The van der Waals surface area contributed by atoms with Crippen LogP contribution in [-0.4, -0.2) is 40.8 Å². The number of hydrazone groups is 1. The van der Waals surface area contributed by atoms with Gasteiger partial charge in [-0.1, -0.05) is 24.3 Å². The molecule has 1 heterocycles. The normalized spacial score (nSPS) is 24.6. The molecule has 0 bridgehead atoms. The molecule has 0 radical (unpaired) electrons. The van der Waals surface area contributed by atoms with Crippen molar-refractivity contribution >= 4 is 17.5 Å². The summed E-state index contributed by atoms with van der Waals surface area (Å²) in [6, 6.07) is 7.26. The number of hydrogen-bond donors (Lipinski definition) is 2. The number of nitrogens with one attached hydrogen (secondary N) is 1. The highest BCUT2D eigenvalue weighted by Gasteiger charge is 2.33. The van der Waals surface area contributed by atoms with E-state index in [0.717, 1.165) is 11.1 Å². The van der Waals surface area contributed by atoms with Crippen molar-refractivity contribution in [1.29, 1.82) is 0 Å². The van der Waals surface area contributed by atoms with Gasteiger partial charge in [0, 0.05) is 26.3 Å². The summed E-state index contributed by atoms with van der Waals surface area (Å²) in [5.74, 6) is -0.423. The summed E-state index contributed by atoms with van der Waals surface area (Å²) in [4.78, 5) is 23.6. The number of aliphatic hydroxyl groups excluding tert-OH is 1. The number of aliphatic hydroxyl groups is 1. The first kappa shape index (κ1) is 13.8. The largest absolute Gasteiger partial charge is 0.390 e. The first-order valence-electron chi connectivity index (χ1n) is 6.97. The molecule has 2 N–H and O–H groups in total. The quantitative estimate of drug-likeness (QED) is 0.824. The molecule has 2 aliphatic rings. The van der Waals surface area contributed by atoms with Crippen LogP contribution in [0.2, 0.25) is 0 Å². The van der Waals surface area contributed by atoms with E-state index < -0.39 is 12.1 Å². The van der Waals surface area contributed by atoms with Gasteiger partial charge in [0.1, 0.15) is 5.71 Å². The molecule has 6 heteroatoms. The summed E-state index contributed by atoms with van der Waals surface area (Å²) in [6.45, 7) is 0. The van der Waals surface area contributed by atoms with Crippen molar-refractivity contribution in [2.45, 2.75) is 31.4 Å². The van der Waals surface area contributed by atoms with Crippen molar-refractivity contribution in [3.63, 3.8) is 0 Å². The second-order valence-electron chi connectivity index (χ2n) is 5.39. The van der Waals surface area contributed by atoms with E-state index in [1.807, 2.05) is 24.3 Å². The zero-order valence-electron chi connectivity index (χ0n) is 11.7. The van der Waals surface area contributed by atoms with Crippen molar-refractivity contribution in [2.75, 3.05) is 7.05 Å². The van der Waals surface area contributed by atoms with Gasteiger partial charge in [-0.25, -0.2) is 5.01 Å². The Kier molecular flexibility index (Phi) is 3.47. The number of carbonyl (C=O) groups is 2. The number of nitrogens with zero attached hydrogens (tertiary/aromatic N) is 2. The van der Waals surface area contributed by atoms with Gasteiger partial charge >= 0.3 is 0 Å². The predicted octanol–water partition coefficient (Wildman–Crippen LogP) is 0.369. The van der Waals surface area contributed by atoms with Gasteiger partial charge in [0.15, 0.2) is 0 Å². The molecule has 0 spiro atoms. The van der Waals surface area contributed by atoms with Crippen molar-refractivity contribution in [3.8, 4) is 0 Å². The van der Waals surface area contributed by atoms with Crippen LogP contribution in [0.3, 0.4) is 0 Å². The van der Waals surface area contributed by atoms with Crippen molar-refractivity contribution < 1.29 is 14.7 Å². The van der Waals surface area contributed by atoms with Gasteiger partial charge < -0.3 is 10.4 Å². The van der Waals surface area contributed by atoms with Crippen molar-refractivity contribution in [2.24, 2.45) is 5.10 Å². The summed E-state index contributed by atoms with van der Waals surface area (Å²) in [5.41, 5.74) is 2.32. The molecule has 0 saturated carbocycles. The minimum Gasteiger partial charge on any atom is -0.390 e. The monoisotopic (exact) mass is 287 g/mol. The van der Waals surface area contributed by atoms with Crippen LogP contribution in [0.1, 0.15) is 30.0 Å². The van der Waals surface area contributed by atoms with Crippen LogP contribution in [0.15, 0.2) is 29.4 Å². The highest BCUT2D eigenvalue weighted by molar-refractivity contribution is 6.39. The molecule has 0 fully saturated rings. The lowest BCUT2D eigenvalue weighted by Gasteiger charge is -2.22. The molecular weight excluding hydrogens is 270 g/mol. The zero-order chi connectivity index (χ0) is 15.0. The standard InChI is InChI=1S/C15H17N3O3/c1-18-13(20)7-6-11(17-18)15(21)16-14-10-5-3-2-4-9(10)8-12(14)19/h2-5,12,14,19H,6-8H2,1H3,(H,16,21)/t12-,14+/m1/s1. The van der Waals surface area contributed by atoms with E-state index in [4.69, 9.17) is 0 Å². The summed E-state index contributed by atoms with van der Waals surface area (Å²) in [5, 5.41) is 18.1. The van der Waals surface area contributed by atoms with Crippen LogP contribution in [0, 0.1) is 0 Å². The molecule has 110 valence electrons. The Hall–Kier alpha value is -2.21. The molecule has 2 atom stereocenters. The SMILES string of the molecule is CN1N=C(C(=O)N[C@H]2c3ccccc3C[C@H]2O)CCC1=O. The summed E-state index contributed by atoms with van der Waals surface area (Å²) < 4.78 is 0. The number of carbonyl (C=O) groups excluding carboxylic acids is 2. The van der Waals surface area contributed by atoms with E-state index in [2.05, 4.69) is 10.4 Å². The van der Waals surface area contributed by atoms with E-state index in [1.54, 1.807) is 0 Å². The van der Waals surface area contributed by atoms with Crippen LogP contribution >= 0.6 is 0 Å². The minimum atomic E-state index is -0.630. The Balaban J connectivity index is 1.77. The van der Waals surface area contributed by atoms with Crippen molar-refractivity contribution in [3.05, 3.63) is 35.4 Å². The molecule has 1 aromatic carbocycles. The van der Waals surface area contributed by atoms with E-state index in [1.165, 1.54) is 12.1 Å². The highest BCUT2D eigenvalue weighted by atomic mass is 16.3. The van der Waals surface area contributed by atoms with Crippen LogP contribution in [0.4, 0.5) is 0 Å². The number of amides is 2. The maximum Gasteiger partial charge on any atom is 0.268 e. The number of rotatable bonds is 2. The molecule has 1 aliphatic carbocycles. The summed E-state index contributed by atoms with van der Waals surface area (Å²) in [7, 11) is 1.54. The Bertz CT molecular complexity index is 626. The number of hydrogen-bond acceptors (Lipinski definition) is 4. The first-order chi connectivity index (χ1) is 10.1. The van der Waals surface area contributed by atoms with Gasteiger partial charge in [0.25, 0.3) is 5.91 Å². The fraction of sp³-hybridized carbons (Fsp3) is 0.400. The molecule has 0 aromatic heterocycles. The van der Waals surface area contributed by atoms with Crippen LogP contribution < -0.4 is 5.32 Å². The average molecular weight is 287 g/mol. The van der Waals surface area contributed by atoms with Gasteiger partial charge in [-0.05, 0) is 11.1 Å². The molecule has 2 amide bonds. The molecule has 3 rings (SSSR count). The van der Waals surface area contributed by atoms with Crippen LogP contribution in [-0.2, 0) is 16.0 Å². The fourth-order valence-corrected chi connectivity index (χ4v) is 2.81. The molecular formula is C15H17N3O3. The average Bonchev–Trinajstić information content (AvgIpc) is 2.78. The maximum atomic E-state index is 12.3. The second-order valence-corrected chi connectivity index (χ2v) is 5.39. The van der Waals surface area contributed by atoms with Crippen LogP contribution in [0.25, 0.3) is 0 Å². The second kappa shape index (κ2) is 5.29. The molecule has 0 unspecified atom stereocenters. The van der Waals surface area contributed by atoms with E-state index >= 15 is 0 Å². The third-order valence-electron chi connectivity index (χ3n) is 3.96. The predicted molar refractivity (Wildman–Crippen MR) is 76.5 cm³/mol. The van der Waals surface area contributed by atoms with Gasteiger partial charge in [-0.15, -0.1) is 0 Å². The van der Waals surface area contributed by atoms with Gasteiger partial charge in [-0.3, -0.25) is 9.59 Å². The van der Waals surface area contributed by atoms with E-state index in [0.29, 0.717) is 18.6 Å². The summed E-state index contributed by atoms with van der Waals surface area (Å²) in [6.07, 6.45) is 0.521. The Morgan fingerprint density at radius 2 is 2.14 bits per heavy atom. The first-order valence-corrected chi connectivity index (χ1v) is 6.97. The molecule has 1 aliphatic heterocycles. The maximum absolute atomic E-state index is 12.3. The minimum absolute atomic E-state index is 0.0993. The topological polar surface area (TPSA) is 82.0 Å². The lowest BCUT2D eigenvalue weighted by molar-refractivity contribution is -0.130. The highest BCUT2D eigenvalue weighted by Crippen LogP contribution is 2.31. The van der Waals surface area contributed by atoms with E-state index in [9.17, 15) is 14.7 Å². The van der Waals surface area contributed by atoms with Gasteiger partial charge in [-0.2, -0.15) is 5.10 Å². The lowest BCUT2D eigenvalue weighted by Crippen LogP contribution is -2.41. The van der Waals surface area contributed by atoms with Gasteiger partial charge in [0.2, 0.25) is 5.91 Å². The molecule has 1 aromatic rings. The fourth-order valence-electron chi connectivity index (χ4n) is 2.81. The molecule has 21 heavy (non-hydrogen) atoms. The van der Waals surface area contributed by atoms with Gasteiger partial charge in [0.05, 0.1) is 12.1 Å². The Morgan fingerprint density at radius 1 is 1.38 bits per heavy atom. The summed E-state index contributed by atoms with van der Waals surface area (Å²) >= 11 is 0. The lowest BCUT2D eigenvalue weighted by atomic mass is 10.1. The Morgan fingerprint density at radius 3 is 2.90 bits per heavy atom.